The quantitative estimate of drug-likeness (QED) is 0.570. The van der Waals surface area contributed by atoms with Crippen molar-refractivity contribution in [1.29, 1.82) is 0 Å². The second-order valence-electron chi connectivity index (χ2n) is 6.93. The summed E-state index contributed by atoms with van der Waals surface area (Å²) in [5.41, 5.74) is 1.24. The molecule has 1 saturated heterocycles. The topological polar surface area (TPSA) is 106 Å². The third-order valence-corrected chi connectivity index (χ3v) is 4.87. The van der Waals surface area contributed by atoms with Crippen molar-refractivity contribution in [1.82, 2.24) is 10.6 Å². The highest BCUT2D eigenvalue weighted by Crippen LogP contribution is 2.37. The molecule has 1 aliphatic heterocycles. The zero-order valence-corrected chi connectivity index (χ0v) is 17.0. The predicted molar refractivity (Wildman–Crippen MR) is 109 cm³/mol. The van der Waals surface area contributed by atoms with Crippen LogP contribution in [0.1, 0.15) is 36.9 Å². The first-order chi connectivity index (χ1) is 14.5. The lowest BCUT2D eigenvalue weighted by Crippen LogP contribution is -2.54. The summed E-state index contributed by atoms with van der Waals surface area (Å²) >= 11 is 0. The molecular weight excluding hydrogens is 388 g/mol. The Hall–Kier alpha value is -3.10. The summed E-state index contributed by atoms with van der Waals surface area (Å²) in [4.78, 5) is 24.4. The molecule has 3 rings (SSSR count). The lowest BCUT2D eigenvalue weighted by atomic mass is 10.0. The summed E-state index contributed by atoms with van der Waals surface area (Å²) in [7, 11) is 1.55. The Morgan fingerprint density at radius 2 is 1.87 bits per heavy atom. The molecule has 3 unspecified atom stereocenters. The maximum Gasteiger partial charge on any atom is 0.410 e. The van der Waals surface area contributed by atoms with E-state index in [0.717, 1.165) is 18.4 Å². The average molecular weight is 414 g/mol. The van der Waals surface area contributed by atoms with E-state index in [1.807, 2.05) is 25.1 Å². The van der Waals surface area contributed by atoms with Crippen molar-refractivity contribution >= 4 is 12.1 Å². The van der Waals surface area contributed by atoms with Gasteiger partial charge < -0.3 is 19.3 Å². The third kappa shape index (κ3) is 4.72. The lowest BCUT2D eigenvalue weighted by Gasteiger charge is -2.30. The van der Waals surface area contributed by atoms with Gasteiger partial charge in [0, 0.05) is 5.56 Å². The molecule has 0 aliphatic carbocycles. The van der Waals surface area contributed by atoms with Crippen molar-refractivity contribution in [3.8, 4) is 5.75 Å². The molecule has 2 aromatic rings. The van der Waals surface area contributed by atoms with Gasteiger partial charge in [0.15, 0.2) is 6.10 Å². The molecule has 8 nitrogen and oxygen atoms in total. The summed E-state index contributed by atoms with van der Waals surface area (Å²) in [6.07, 6.45) is -0.333. The van der Waals surface area contributed by atoms with Gasteiger partial charge in [-0.25, -0.2) is 9.59 Å². The van der Waals surface area contributed by atoms with Crippen LogP contribution in [-0.2, 0) is 20.1 Å². The monoisotopic (exact) mass is 414 g/mol. The molecule has 30 heavy (non-hydrogen) atoms. The average Bonchev–Trinajstić information content (AvgIpc) is 3.15. The van der Waals surface area contributed by atoms with E-state index in [-0.39, 0.29) is 6.61 Å². The van der Waals surface area contributed by atoms with Gasteiger partial charge in [-0.3, -0.25) is 10.6 Å². The number of carboxylic acid groups (broad SMARTS) is 1. The number of rotatable bonds is 8. The van der Waals surface area contributed by atoms with Crippen LogP contribution in [0.15, 0.2) is 54.6 Å². The van der Waals surface area contributed by atoms with Crippen LogP contribution >= 0.6 is 0 Å². The normalized spacial score (nSPS) is 23.0. The molecule has 3 N–H and O–H groups in total. The first-order valence-corrected chi connectivity index (χ1v) is 9.82. The molecule has 1 fully saturated rings. The number of hydrogen-bond acceptors (Lipinski definition) is 6. The Labute approximate surface area is 175 Å². The van der Waals surface area contributed by atoms with Crippen LogP contribution < -0.4 is 15.4 Å². The molecule has 0 saturated carbocycles. The molecule has 3 atom stereocenters. The van der Waals surface area contributed by atoms with Crippen molar-refractivity contribution in [2.24, 2.45) is 0 Å². The van der Waals surface area contributed by atoms with Crippen LogP contribution in [-0.4, -0.2) is 37.0 Å². The minimum absolute atomic E-state index is 0.255. The van der Waals surface area contributed by atoms with E-state index in [2.05, 4.69) is 10.6 Å². The van der Waals surface area contributed by atoms with Crippen molar-refractivity contribution < 1.29 is 28.9 Å². The maximum atomic E-state index is 12.5. The third-order valence-electron chi connectivity index (χ3n) is 4.87. The number of carbonyl (C=O) groups excluding carboxylic acids is 1. The standard InChI is InChI=1S/C22H26N2O6/c1-3-4-14-29-21(27)24-22(16-10-12-17(28-2)13-11-16)23-18(19(30-22)20(25)26)15-8-6-5-7-9-15/h5-13,18-19,23H,3-4,14H2,1-2H3,(H,24,27)(H,25,26). The van der Waals surface area contributed by atoms with Gasteiger partial charge >= 0.3 is 12.1 Å². The largest absolute Gasteiger partial charge is 0.497 e. The Kier molecular flexibility index (Phi) is 6.91. The minimum atomic E-state index is -1.58. The second kappa shape index (κ2) is 9.60. The highest BCUT2D eigenvalue weighted by molar-refractivity contribution is 5.75. The number of carboxylic acids is 1. The fourth-order valence-electron chi connectivity index (χ4n) is 3.30. The summed E-state index contributed by atoms with van der Waals surface area (Å²) in [5, 5.41) is 15.6. The van der Waals surface area contributed by atoms with Crippen molar-refractivity contribution in [2.75, 3.05) is 13.7 Å². The van der Waals surface area contributed by atoms with Crippen LogP contribution in [0.5, 0.6) is 5.75 Å². The number of unbranched alkanes of at least 4 members (excludes halogenated alkanes) is 1. The first-order valence-electron chi connectivity index (χ1n) is 9.82. The number of hydrogen-bond donors (Lipinski definition) is 3. The fourth-order valence-corrected chi connectivity index (χ4v) is 3.30. The number of amides is 1. The van der Waals surface area contributed by atoms with Gasteiger partial charge in [0.1, 0.15) is 5.75 Å². The number of alkyl carbamates (subject to hydrolysis) is 1. The molecule has 8 heteroatoms. The van der Waals surface area contributed by atoms with E-state index in [9.17, 15) is 14.7 Å². The summed E-state index contributed by atoms with van der Waals surface area (Å²) in [6.45, 7) is 2.25. The SMILES string of the molecule is CCCCOC(=O)NC1(c2ccc(OC)cc2)NC(c2ccccc2)C(C(=O)O)O1. The molecule has 0 aromatic heterocycles. The molecule has 0 spiro atoms. The van der Waals surface area contributed by atoms with Gasteiger partial charge in [0.2, 0.25) is 5.85 Å². The number of nitrogens with one attached hydrogen (secondary N) is 2. The molecule has 0 bridgehead atoms. The molecule has 2 aromatic carbocycles. The smallest absolute Gasteiger partial charge is 0.410 e. The van der Waals surface area contributed by atoms with E-state index in [4.69, 9.17) is 14.2 Å². The van der Waals surface area contributed by atoms with Crippen molar-refractivity contribution in [3.05, 3.63) is 65.7 Å². The Morgan fingerprint density at radius 3 is 2.47 bits per heavy atom. The summed E-state index contributed by atoms with van der Waals surface area (Å²) < 4.78 is 16.4. The zero-order chi connectivity index (χ0) is 21.6. The van der Waals surface area contributed by atoms with Gasteiger partial charge in [-0.05, 0) is 36.2 Å². The Bertz CT molecular complexity index is 858. The van der Waals surface area contributed by atoms with Crippen molar-refractivity contribution in [2.45, 2.75) is 37.8 Å². The van der Waals surface area contributed by atoms with E-state index >= 15 is 0 Å². The number of benzene rings is 2. The van der Waals surface area contributed by atoms with Gasteiger partial charge in [-0.1, -0.05) is 43.7 Å². The van der Waals surface area contributed by atoms with Crippen LogP contribution in [0.4, 0.5) is 4.79 Å². The van der Waals surface area contributed by atoms with Crippen LogP contribution in [0.2, 0.25) is 0 Å². The van der Waals surface area contributed by atoms with E-state index in [1.165, 1.54) is 0 Å². The Morgan fingerprint density at radius 1 is 1.17 bits per heavy atom. The molecular formula is C22H26N2O6. The second-order valence-corrected chi connectivity index (χ2v) is 6.93. The first kappa shape index (κ1) is 21.6. The molecule has 1 heterocycles. The van der Waals surface area contributed by atoms with E-state index in [1.54, 1.807) is 43.5 Å². The molecule has 1 amide bonds. The highest BCUT2D eigenvalue weighted by Gasteiger charge is 2.52. The van der Waals surface area contributed by atoms with Gasteiger partial charge in [-0.2, -0.15) is 0 Å². The summed E-state index contributed by atoms with van der Waals surface area (Å²) in [6, 6.07) is 15.2. The van der Waals surface area contributed by atoms with Gasteiger partial charge in [0.25, 0.3) is 0 Å². The number of carbonyl (C=O) groups is 2. The van der Waals surface area contributed by atoms with Crippen LogP contribution in [0.3, 0.4) is 0 Å². The number of aliphatic carboxylic acids is 1. The lowest BCUT2D eigenvalue weighted by molar-refractivity contribution is -0.158. The molecule has 0 radical (unpaired) electrons. The van der Waals surface area contributed by atoms with Gasteiger partial charge in [0.05, 0.1) is 19.8 Å². The van der Waals surface area contributed by atoms with Crippen molar-refractivity contribution in [3.63, 3.8) is 0 Å². The zero-order valence-electron chi connectivity index (χ0n) is 17.0. The maximum absolute atomic E-state index is 12.5. The summed E-state index contributed by atoms with van der Waals surface area (Å²) in [5.74, 6) is -2.11. The predicted octanol–water partition coefficient (Wildman–Crippen LogP) is 3.15. The Balaban J connectivity index is 1.96. The minimum Gasteiger partial charge on any atom is -0.497 e. The number of ether oxygens (including phenoxy) is 3. The van der Waals surface area contributed by atoms with E-state index < -0.39 is 30.1 Å². The molecule has 1 aliphatic rings. The van der Waals surface area contributed by atoms with E-state index in [0.29, 0.717) is 11.3 Å². The molecule has 160 valence electrons. The van der Waals surface area contributed by atoms with Crippen LogP contribution in [0.25, 0.3) is 0 Å². The van der Waals surface area contributed by atoms with Crippen LogP contribution in [0, 0.1) is 0 Å². The highest BCUT2D eigenvalue weighted by atomic mass is 16.6. The fraction of sp³-hybridized carbons (Fsp3) is 0.364. The number of methoxy groups -OCH3 is 1. The van der Waals surface area contributed by atoms with Gasteiger partial charge in [-0.15, -0.1) is 0 Å².